The second kappa shape index (κ2) is 8.54. The predicted molar refractivity (Wildman–Crippen MR) is 114 cm³/mol. The number of ether oxygens (including phenoxy) is 3. The lowest BCUT2D eigenvalue weighted by Gasteiger charge is -2.27. The topological polar surface area (TPSA) is 69.7 Å². The highest BCUT2D eigenvalue weighted by Gasteiger charge is 2.41. The van der Waals surface area contributed by atoms with Gasteiger partial charge in [0.1, 0.15) is 23.9 Å². The van der Waals surface area contributed by atoms with Crippen LogP contribution < -0.4 is 19.5 Å². The maximum Gasteiger partial charge on any atom is 0.217 e. The van der Waals surface area contributed by atoms with Crippen LogP contribution in [0.2, 0.25) is 0 Å². The fraction of sp³-hybridized carbons (Fsp3) is 0.500. The van der Waals surface area contributed by atoms with E-state index in [1.807, 2.05) is 31.2 Å². The average molecular weight is 411 g/mol. The smallest absolute Gasteiger partial charge is 0.217 e. The van der Waals surface area contributed by atoms with Gasteiger partial charge >= 0.3 is 0 Å². The Morgan fingerprint density at radius 1 is 1.27 bits per heavy atom. The Hall–Kier alpha value is -2.76. The molecule has 2 aliphatic rings. The maximum absolute atomic E-state index is 11.1. The largest absolute Gasteiger partial charge is 0.493 e. The zero-order chi connectivity index (χ0) is 21.1. The van der Waals surface area contributed by atoms with Gasteiger partial charge in [-0.3, -0.25) is 9.78 Å². The van der Waals surface area contributed by atoms with Gasteiger partial charge in [-0.25, -0.2) is 0 Å². The minimum absolute atomic E-state index is 0.0619. The van der Waals surface area contributed by atoms with E-state index in [1.54, 1.807) is 6.20 Å². The van der Waals surface area contributed by atoms with Gasteiger partial charge in [-0.05, 0) is 55.9 Å². The van der Waals surface area contributed by atoms with Gasteiger partial charge in [0.25, 0.3) is 0 Å². The number of fused-ring (bicyclic) bond motifs is 1. The number of carbonyl (C=O) groups is 1. The highest BCUT2D eigenvalue weighted by Crippen LogP contribution is 2.44. The van der Waals surface area contributed by atoms with Crippen molar-refractivity contribution in [2.45, 2.75) is 58.1 Å². The summed E-state index contributed by atoms with van der Waals surface area (Å²) in [6.07, 6.45) is 5.88. The molecule has 6 heteroatoms. The summed E-state index contributed by atoms with van der Waals surface area (Å²) in [6, 6.07) is 9.98. The molecule has 1 aliphatic carbocycles. The van der Waals surface area contributed by atoms with Crippen LogP contribution in [-0.2, 0) is 16.8 Å². The second-order valence-corrected chi connectivity index (χ2v) is 8.44. The molecule has 0 saturated heterocycles. The summed E-state index contributed by atoms with van der Waals surface area (Å²) in [7, 11) is 0. The van der Waals surface area contributed by atoms with Gasteiger partial charge in [-0.2, -0.15) is 0 Å². The van der Waals surface area contributed by atoms with Crippen LogP contribution in [0, 0.1) is 5.92 Å². The molecule has 1 unspecified atom stereocenters. The van der Waals surface area contributed by atoms with Gasteiger partial charge in [0, 0.05) is 19.4 Å². The molecule has 0 spiro atoms. The van der Waals surface area contributed by atoms with Crippen LogP contribution in [0.15, 0.2) is 36.5 Å². The van der Waals surface area contributed by atoms with E-state index < -0.39 is 5.60 Å². The van der Waals surface area contributed by atoms with Gasteiger partial charge in [-0.15, -0.1) is 0 Å². The van der Waals surface area contributed by atoms with E-state index in [1.165, 1.54) is 25.3 Å². The molecule has 1 fully saturated rings. The van der Waals surface area contributed by atoms with Gasteiger partial charge in [-0.1, -0.05) is 13.0 Å². The van der Waals surface area contributed by atoms with Crippen LogP contribution in [0.5, 0.6) is 17.2 Å². The lowest BCUT2D eigenvalue weighted by molar-refractivity contribution is -0.119. The summed E-state index contributed by atoms with van der Waals surface area (Å²) >= 11 is 0. The van der Waals surface area contributed by atoms with E-state index in [0.29, 0.717) is 12.4 Å². The van der Waals surface area contributed by atoms with Crippen molar-refractivity contribution >= 4 is 5.91 Å². The lowest BCUT2D eigenvalue weighted by Crippen LogP contribution is -2.35. The fourth-order valence-electron chi connectivity index (χ4n) is 3.78. The molecule has 1 aromatic heterocycles. The number of hydrogen-bond acceptors (Lipinski definition) is 5. The van der Waals surface area contributed by atoms with Crippen molar-refractivity contribution in [3.63, 3.8) is 0 Å². The van der Waals surface area contributed by atoms with Gasteiger partial charge in [0.15, 0.2) is 5.60 Å². The molecule has 1 aliphatic heterocycles. The summed E-state index contributed by atoms with van der Waals surface area (Å²) in [5.41, 5.74) is 1.60. The summed E-state index contributed by atoms with van der Waals surface area (Å²) in [5.74, 6) is 3.09. The van der Waals surface area contributed by atoms with Crippen molar-refractivity contribution < 1.29 is 19.0 Å². The average Bonchev–Trinajstić information content (AvgIpc) is 3.49. The first-order valence-corrected chi connectivity index (χ1v) is 10.8. The normalized spacial score (nSPS) is 20.8. The molecule has 4 rings (SSSR count). The van der Waals surface area contributed by atoms with Crippen molar-refractivity contribution in [3.05, 3.63) is 47.8 Å². The Balaban J connectivity index is 1.41. The Bertz CT molecular complexity index is 895. The van der Waals surface area contributed by atoms with E-state index in [9.17, 15) is 4.79 Å². The minimum atomic E-state index is -0.473. The minimum Gasteiger partial charge on any atom is -0.493 e. The SMILES string of the molecule is CCC1(c2ccc(OC[C@H](C)NC(C)=O)cn2)Cc2ccc(OCC3CC3)cc2O1. The standard InChI is InChI=1S/C24H30N2O4/c1-4-24(23-10-9-21(13-25-23)28-14-16(2)26-17(3)27)12-19-7-8-20(11-22(19)30-24)29-15-18-5-6-18/h7-11,13,16,18H,4-6,12,14-15H2,1-3H3,(H,26,27)/t16-,24?/m0/s1. The number of rotatable bonds is 9. The molecule has 2 atom stereocenters. The second-order valence-electron chi connectivity index (χ2n) is 8.44. The number of nitrogens with zero attached hydrogens (tertiary/aromatic N) is 1. The molecule has 0 bridgehead atoms. The molecule has 30 heavy (non-hydrogen) atoms. The van der Waals surface area contributed by atoms with Crippen LogP contribution >= 0.6 is 0 Å². The quantitative estimate of drug-likeness (QED) is 0.676. The van der Waals surface area contributed by atoms with Crippen LogP contribution in [0.4, 0.5) is 0 Å². The van der Waals surface area contributed by atoms with Crippen LogP contribution in [-0.4, -0.2) is 30.1 Å². The van der Waals surface area contributed by atoms with Crippen LogP contribution in [0.1, 0.15) is 51.3 Å². The predicted octanol–water partition coefficient (Wildman–Crippen LogP) is 4.01. The number of nitrogens with one attached hydrogen (secondary N) is 1. The highest BCUT2D eigenvalue weighted by atomic mass is 16.5. The van der Waals surface area contributed by atoms with Crippen molar-refractivity contribution in [1.82, 2.24) is 10.3 Å². The van der Waals surface area contributed by atoms with E-state index in [2.05, 4.69) is 23.3 Å². The van der Waals surface area contributed by atoms with Crippen molar-refractivity contribution in [1.29, 1.82) is 0 Å². The molecule has 1 amide bonds. The first kappa shape index (κ1) is 20.5. The Labute approximate surface area is 177 Å². The number of pyridine rings is 1. The van der Waals surface area contributed by atoms with Gasteiger partial charge < -0.3 is 19.5 Å². The molecule has 1 N–H and O–H groups in total. The van der Waals surface area contributed by atoms with Crippen molar-refractivity contribution in [2.24, 2.45) is 5.92 Å². The summed E-state index contributed by atoms with van der Waals surface area (Å²) in [6.45, 7) is 6.71. The highest BCUT2D eigenvalue weighted by molar-refractivity contribution is 5.73. The third-order valence-electron chi connectivity index (χ3n) is 5.73. The molecular formula is C24H30N2O4. The van der Waals surface area contributed by atoms with Crippen molar-refractivity contribution in [2.75, 3.05) is 13.2 Å². The Morgan fingerprint density at radius 2 is 2.07 bits per heavy atom. The van der Waals surface area contributed by atoms with E-state index in [4.69, 9.17) is 14.2 Å². The monoisotopic (exact) mass is 410 g/mol. The van der Waals surface area contributed by atoms with Crippen LogP contribution in [0.3, 0.4) is 0 Å². The maximum atomic E-state index is 11.1. The first-order valence-electron chi connectivity index (χ1n) is 10.8. The molecule has 2 aromatic rings. The number of amides is 1. The number of aromatic nitrogens is 1. The van der Waals surface area contributed by atoms with Crippen molar-refractivity contribution in [3.8, 4) is 17.2 Å². The van der Waals surface area contributed by atoms with Gasteiger partial charge in [0.05, 0.1) is 24.5 Å². The third kappa shape index (κ3) is 4.69. The number of hydrogen-bond donors (Lipinski definition) is 1. The summed E-state index contributed by atoms with van der Waals surface area (Å²) < 4.78 is 18.1. The lowest BCUT2D eigenvalue weighted by atomic mass is 9.90. The third-order valence-corrected chi connectivity index (χ3v) is 5.73. The number of carbonyl (C=O) groups excluding carboxylic acids is 1. The molecule has 0 radical (unpaired) electrons. The molecular weight excluding hydrogens is 380 g/mol. The first-order chi connectivity index (χ1) is 14.5. The molecule has 1 saturated carbocycles. The van der Waals surface area contributed by atoms with E-state index >= 15 is 0 Å². The number of benzene rings is 1. The summed E-state index contributed by atoms with van der Waals surface area (Å²) in [5, 5.41) is 2.80. The van der Waals surface area contributed by atoms with E-state index in [0.717, 1.165) is 42.6 Å². The molecule has 2 heterocycles. The Morgan fingerprint density at radius 3 is 2.73 bits per heavy atom. The summed E-state index contributed by atoms with van der Waals surface area (Å²) in [4.78, 5) is 15.8. The zero-order valence-electron chi connectivity index (χ0n) is 17.9. The fourth-order valence-corrected chi connectivity index (χ4v) is 3.78. The zero-order valence-corrected chi connectivity index (χ0v) is 17.9. The van der Waals surface area contributed by atoms with Crippen LogP contribution in [0.25, 0.3) is 0 Å². The van der Waals surface area contributed by atoms with Gasteiger partial charge in [0.2, 0.25) is 5.91 Å². The van der Waals surface area contributed by atoms with E-state index in [-0.39, 0.29) is 11.9 Å². The molecule has 6 nitrogen and oxygen atoms in total. The Kier molecular flexibility index (Phi) is 5.84. The molecule has 1 aromatic carbocycles. The molecule has 160 valence electrons.